The highest BCUT2D eigenvalue weighted by atomic mass is 16.5. The summed E-state index contributed by atoms with van der Waals surface area (Å²) in [5.74, 6) is 1.46. The topological polar surface area (TPSA) is 76.4 Å². The van der Waals surface area contributed by atoms with E-state index >= 15 is 0 Å². The second kappa shape index (κ2) is 6.07. The molecule has 2 aromatic rings. The molecule has 3 N–H and O–H groups in total. The lowest BCUT2D eigenvalue weighted by Gasteiger charge is -2.09. The Morgan fingerprint density at radius 1 is 1.13 bits per heavy atom. The predicted molar refractivity (Wildman–Crippen MR) is 90.6 cm³/mol. The van der Waals surface area contributed by atoms with Gasteiger partial charge in [-0.3, -0.25) is 0 Å². The lowest BCUT2D eigenvalue weighted by molar-refractivity contribution is 0.368. The standard InChI is InChI=1S/C18H22N4O/c19-18(21-14-9-8-12-4-3-5-13(12)10-14)20-11-16-15-6-1-2-7-17(15)23-22-16/h8-10H,1-7,11H2,(H3,19,20,21). The third kappa shape index (κ3) is 2.96. The number of aryl methyl sites for hydroxylation is 3. The van der Waals surface area contributed by atoms with Gasteiger partial charge in [0.25, 0.3) is 0 Å². The van der Waals surface area contributed by atoms with E-state index in [-0.39, 0.29) is 0 Å². The van der Waals surface area contributed by atoms with Crippen molar-refractivity contribution in [3.63, 3.8) is 0 Å². The fourth-order valence-corrected chi connectivity index (χ4v) is 3.57. The Balaban J connectivity index is 1.43. The molecule has 0 amide bonds. The lowest BCUT2D eigenvalue weighted by atomic mass is 9.96. The van der Waals surface area contributed by atoms with Crippen LogP contribution in [0.3, 0.4) is 0 Å². The van der Waals surface area contributed by atoms with Gasteiger partial charge in [0.15, 0.2) is 5.96 Å². The molecule has 2 aliphatic carbocycles. The van der Waals surface area contributed by atoms with Crippen molar-refractivity contribution in [3.05, 3.63) is 46.3 Å². The fraction of sp³-hybridized carbons (Fsp3) is 0.444. The van der Waals surface area contributed by atoms with E-state index in [2.05, 4.69) is 33.7 Å². The van der Waals surface area contributed by atoms with E-state index in [1.54, 1.807) is 0 Å². The molecule has 1 heterocycles. The van der Waals surface area contributed by atoms with Crippen molar-refractivity contribution < 1.29 is 4.52 Å². The monoisotopic (exact) mass is 310 g/mol. The van der Waals surface area contributed by atoms with Gasteiger partial charge in [0.05, 0.1) is 6.54 Å². The molecule has 0 spiro atoms. The minimum Gasteiger partial charge on any atom is -0.370 e. The van der Waals surface area contributed by atoms with Gasteiger partial charge in [0, 0.05) is 17.7 Å². The van der Waals surface area contributed by atoms with Crippen LogP contribution < -0.4 is 11.1 Å². The predicted octanol–water partition coefficient (Wildman–Crippen LogP) is 2.97. The van der Waals surface area contributed by atoms with Crippen LogP contribution in [0.4, 0.5) is 5.69 Å². The van der Waals surface area contributed by atoms with Gasteiger partial charge in [-0.15, -0.1) is 0 Å². The molecule has 1 aromatic carbocycles. The van der Waals surface area contributed by atoms with Crippen LogP contribution >= 0.6 is 0 Å². The number of nitrogens with two attached hydrogens (primary N) is 1. The Hall–Kier alpha value is -2.30. The molecule has 0 atom stereocenters. The van der Waals surface area contributed by atoms with Gasteiger partial charge in [0.2, 0.25) is 0 Å². The molecule has 0 saturated carbocycles. The number of anilines is 1. The molecule has 2 aliphatic rings. The van der Waals surface area contributed by atoms with Crippen LogP contribution in [0.15, 0.2) is 27.7 Å². The summed E-state index contributed by atoms with van der Waals surface area (Å²) in [4.78, 5) is 4.42. The van der Waals surface area contributed by atoms with Crippen molar-refractivity contribution in [2.24, 2.45) is 10.7 Å². The molecule has 1 aromatic heterocycles. The maximum absolute atomic E-state index is 6.02. The average Bonchev–Trinajstić information content (AvgIpc) is 3.19. The molecule has 0 aliphatic heterocycles. The van der Waals surface area contributed by atoms with E-state index in [9.17, 15) is 0 Å². The summed E-state index contributed by atoms with van der Waals surface area (Å²) in [6.45, 7) is 0.475. The summed E-state index contributed by atoms with van der Waals surface area (Å²) in [7, 11) is 0. The maximum Gasteiger partial charge on any atom is 0.193 e. The van der Waals surface area contributed by atoms with Crippen molar-refractivity contribution >= 4 is 11.6 Å². The first-order valence-electron chi connectivity index (χ1n) is 8.44. The number of aromatic nitrogens is 1. The van der Waals surface area contributed by atoms with Crippen molar-refractivity contribution in [3.8, 4) is 0 Å². The van der Waals surface area contributed by atoms with E-state index in [1.807, 2.05) is 0 Å². The molecule has 4 rings (SSSR count). The van der Waals surface area contributed by atoms with Crippen molar-refractivity contribution in [1.82, 2.24) is 5.16 Å². The van der Waals surface area contributed by atoms with Gasteiger partial charge in [-0.05, 0) is 61.8 Å². The quantitative estimate of drug-likeness (QED) is 0.675. The number of nitrogens with one attached hydrogen (secondary N) is 1. The van der Waals surface area contributed by atoms with E-state index in [0.717, 1.165) is 36.4 Å². The maximum atomic E-state index is 6.02. The zero-order valence-corrected chi connectivity index (χ0v) is 13.3. The minimum atomic E-state index is 0.426. The molecule has 0 radical (unpaired) electrons. The number of benzene rings is 1. The zero-order chi connectivity index (χ0) is 15.6. The SMILES string of the molecule is NC(=NCc1noc2c1CCCC2)Nc1ccc2c(c1)CCC2. The summed E-state index contributed by atoms with van der Waals surface area (Å²) in [5, 5.41) is 7.34. The molecule has 0 bridgehead atoms. The summed E-state index contributed by atoms with van der Waals surface area (Å²) in [6.07, 6.45) is 8.03. The number of guanidine groups is 1. The van der Waals surface area contributed by atoms with Gasteiger partial charge in [-0.25, -0.2) is 4.99 Å². The molecular weight excluding hydrogens is 288 g/mol. The number of hydrogen-bond donors (Lipinski definition) is 2. The summed E-state index contributed by atoms with van der Waals surface area (Å²) >= 11 is 0. The highest BCUT2D eigenvalue weighted by Gasteiger charge is 2.18. The molecular formula is C18H22N4O. The fourth-order valence-electron chi connectivity index (χ4n) is 3.57. The zero-order valence-electron chi connectivity index (χ0n) is 13.3. The Kier molecular flexibility index (Phi) is 3.77. The normalized spacial score (nSPS) is 17.0. The Morgan fingerprint density at radius 3 is 2.96 bits per heavy atom. The molecule has 120 valence electrons. The van der Waals surface area contributed by atoms with E-state index in [1.165, 1.54) is 42.4 Å². The van der Waals surface area contributed by atoms with Crippen LogP contribution in [0.1, 0.15) is 47.4 Å². The average molecular weight is 310 g/mol. The second-order valence-corrected chi connectivity index (χ2v) is 6.40. The molecule has 0 fully saturated rings. The minimum absolute atomic E-state index is 0.426. The third-order valence-electron chi connectivity index (χ3n) is 4.80. The van der Waals surface area contributed by atoms with Gasteiger partial charge in [-0.2, -0.15) is 0 Å². The summed E-state index contributed by atoms with van der Waals surface area (Å²) in [6, 6.07) is 6.44. The van der Waals surface area contributed by atoms with Crippen LogP contribution in [0.5, 0.6) is 0 Å². The van der Waals surface area contributed by atoms with Gasteiger partial charge < -0.3 is 15.6 Å². The Morgan fingerprint density at radius 2 is 2.00 bits per heavy atom. The van der Waals surface area contributed by atoms with Crippen LogP contribution in [0.25, 0.3) is 0 Å². The van der Waals surface area contributed by atoms with E-state index in [4.69, 9.17) is 10.3 Å². The Bertz CT molecular complexity index is 747. The number of hydrogen-bond acceptors (Lipinski definition) is 3. The number of aliphatic imine (C=N–C) groups is 1. The Labute approximate surface area is 136 Å². The summed E-state index contributed by atoms with van der Waals surface area (Å²) in [5.41, 5.74) is 12.1. The van der Waals surface area contributed by atoms with Crippen molar-refractivity contribution in [2.75, 3.05) is 5.32 Å². The first-order valence-corrected chi connectivity index (χ1v) is 8.44. The van der Waals surface area contributed by atoms with Crippen LogP contribution in [0, 0.1) is 0 Å². The smallest absolute Gasteiger partial charge is 0.193 e. The number of rotatable bonds is 3. The second-order valence-electron chi connectivity index (χ2n) is 6.40. The van der Waals surface area contributed by atoms with Gasteiger partial charge in [-0.1, -0.05) is 11.2 Å². The number of nitrogens with zero attached hydrogens (tertiary/aromatic N) is 2. The van der Waals surface area contributed by atoms with Crippen LogP contribution in [-0.2, 0) is 32.2 Å². The third-order valence-corrected chi connectivity index (χ3v) is 4.80. The summed E-state index contributed by atoms with van der Waals surface area (Å²) < 4.78 is 5.41. The highest BCUT2D eigenvalue weighted by Crippen LogP contribution is 2.26. The lowest BCUT2D eigenvalue weighted by Crippen LogP contribution is -2.22. The first kappa shape index (κ1) is 14.3. The first-order chi connectivity index (χ1) is 11.3. The van der Waals surface area contributed by atoms with Crippen molar-refractivity contribution in [2.45, 2.75) is 51.5 Å². The molecule has 5 nitrogen and oxygen atoms in total. The number of fused-ring (bicyclic) bond motifs is 2. The molecule has 5 heteroatoms. The van der Waals surface area contributed by atoms with Gasteiger partial charge >= 0.3 is 0 Å². The van der Waals surface area contributed by atoms with E-state index < -0.39 is 0 Å². The largest absolute Gasteiger partial charge is 0.370 e. The van der Waals surface area contributed by atoms with Crippen molar-refractivity contribution in [1.29, 1.82) is 0 Å². The molecule has 0 unspecified atom stereocenters. The van der Waals surface area contributed by atoms with Crippen LogP contribution in [0.2, 0.25) is 0 Å². The highest BCUT2D eigenvalue weighted by molar-refractivity contribution is 5.92. The molecule has 23 heavy (non-hydrogen) atoms. The van der Waals surface area contributed by atoms with E-state index in [0.29, 0.717) is 12.5 Å². The van der Waals surface area contributed by atoms with Gasteiger partial charge in [0.1, 0.15) is 11.5 Å². The van der Waals surface area contributed by atoms with Crippen LogP contribution in [-0.4, -0.2) is 11.1 Å². The molecule has 0 saturated heterocycles.